The largest absolute Gasteiger partial charge is 0.298 e. The van der Waals surface area contributed by atoms with E-state index in [1.165, 1.54) is 41.8 Å². The average molecular weight is 335 g/mol. The Morgan fingerprint density at radius 3 is 1.88 bits per heavy atom. The van der Waals surface area contributed by atoms with Gasteiger partial charge >= 0.3 is 0 Å². The van der Waals surface area contributed by atoms with Crippen molar-refractivity contribution in [2.45, 2.75) is 45.2 Å². The maximum absolute atomic E-state index is 2.72. The summed E-state index contributed by atoms with van der Waals surface area (Å²) in [4.78, 5) is 5.38. The standard InChI is InChI=1S/C23H30N2/c1-3-18(2)24-14-16-25(17-15-24)23-21-10-6-4-8-19(21)12-13-20-9-5-7-11-22(20)23/h4-11,18,23H,3,12-17H2,1-2H3. The van der Waals surface area contributed by atoms with E-state index in [0.29, 0.717) is 12.1 Å². The molecular weight excluding hydrogens is 304 g/mol. The molecule has 0 amide bonds. The molecule has 0 radical (unpaired) electrons. The van der Waals surface area contributed by atoms with Gasteiger partial charge in [0.05, 0.1) is 6.04 Å². The minimum Gasteiger partial charge on any atom is -0.298 e. The smallest absolute Gasteiger partial charge is 0.0608 e. The maximum Gasteiger partial charge on any atom is 0.0608 e. The number of nitrogens with zero attached hydrogens (tertiary/aromatic N) is 2. The lowest BCUT2D eigenvalue weighted by Gasteiger charge is -2.42. The molecule has 0 spiro atoms. The van der Waals surface area contributed by atoms with Crippen LogP contribution in [0.15, 0.2) is 48.5 Å². The van der Waals surface area contributed by atoms with Crippen molar-refractivity contribution < 1.29 is 0 Å². The van der Waals surface area contributed by atoms with Gasteiger partial charge in [0.15, 0.2) is 0 Å². The predicted molar refractivity (Wildman–Crippen MR) is 105 cm³/mol. The van der Waals surface area contributed by atoms with E-state index >= 15 is 0 Å². The molecule has 0 saturated carbocycles. The lowest BCUT2D eigenvalue weighted by molar-refractivity contribution is 0.0826. The van der Waals surface area contributed by atoms with Gasteiger partial charge in [0.1, 0.15) is 0 Å². The first kappa shape index (κ1) is 16.8. The van der Waals surface area contributed by atoms with Crippen molar-refractivity contribution in [2.75, 3.05) is 26.2 Å². The summed E-state index contributed by atoms with van der Waals surface area (Å²) in [5.74, 6) is 0. The SMILES string of the molecule is CCC(C)N1CCN(C2c3ccccc3CCc3ccccc32)CC1. The first-order valence-electron chi connectivity index (χ1n) is 9.91. The van der Waals surface area contributed by atoms with E-state index in [4.69, 9.17) is 0 Å². The molecular formula is C23H30N2. The second kappa shape index (κ2) is 7.31. The van der Waals surface area contributed by atoms with Crippen LogP contribution in [0, 0.1) is 0 Å². The van der Waals surface area contributed by atoms with Gasteiger partial charge in [0.2, 0.25) is 0 Å². The molecule has 1 aliphatic heterocycles. The number of hydrogen-bond donors (Lipinski definition) is 0. The van der Waals surface area contributed by atoms with Crippen LogP contribution in [0.5, 0.6) is 0 Å². The van der Waals surface area contributed by atoms with Crippen molar-refractivity contribution in [1.82, 2.24) is 9.80 Å². The van der Waals surface area contributed by atoms with Crippen LogP contribution in [0.4, 0.5) is 0 Å². The second-order valence-electron chi connectivity index (χ2n) is 7.63. The number of benzene rings is 2. The summed E-state index contributed by atoms with van der Waals surface area (Å²) in [6.07, 6.45) is 3.57. The highest BCUT2D eigenvalue weighted by Crippen LogP contribution is 2.37. The van der Waals surface area contributed by atoms with Crippen LogP contribution < -0.4 is 0 Å². The number of piperazine rings is 1. The monoisotopic (exact) mass is 334 g/mol. The molecule has 0 N–H and O–H groups in total. The molecule has 1 fully saturated rings. The summed E-state index contributed by atoms with van der Waals surface area (Å²) >= 11 is 0. The molecule has 132 valence electrons. The molecule has 25 heavy (non-hydrogen) atoms. The summed E-state index contributed by atoms with van der Waals surface area (Å²) in [7, 11) is 0. The minimum atomic E-state index is 0.425. The van der Waals surface area contributed by atoms with Gasteiger partial charge in [-0.25, -0.2) is 0 Å². The van der Waals surface area contributed by atoms with E-state index in [1.54, 1.807) is 0 Å². The molecule has 0 bridgehead atoms. The number of fused-ring (bicyclic) bond motifs is 2. The molecule has 2 aromatic rings. The normalized spacial score (nSPS) is 20.6. The van der Waals surface area contributed by atoms with Gasteiger partial charge in [-0.1, -0.05) is 55.5 Å². The topological polar surface area (TPSA) is 6.48 Å². The Hall–Kier alpha value is -1.64. The van der Waals surface area contributed by atoms with Gasteiger partial charge in [-0.05, 0) is 48.4 Å². The zero-order chi connectivity index (χ0) is 17.2. The molecule has 1 unspecified atom stereocenters. The Morgan fingerprint density at radius 2 is 1.36 bits per heavy atom. The summed E-state index contributed by atoms with van der Waals surface area (Å²) in [6, 6.07) is 19.4. The Balaban J connectivity index is 1.67. The second-order valence-corrected chi connectivity index (χ2v) is 7.63. The fourth-order valence-corrected chi connectivity index (χ4v) is 4.58. The molecule has 0 aromatic heterocycles. The van der Waals surface area contributed by atoms with E-state index in [9.17, 15) is 0 Å². The van der Waals surface area contributed by atoms with E-state index < -0.39 is 0 Å². The molecule has 1 atom stereocenters. The highest BCUT2D eigenvalue weighted by molar-refractivity contribution is 5.44. The van der Waals surface area contributed by atoms with Crippen LogP contribution in [0.2, 0.25) is 0 Å². The number of hydrogen-bond acceptors (Lipinski definition) is 2. The molecule has 2 aromatic carbocycles. The number of rotatable bonds is 3. The van der Waals surface area contributed by atoms with E-state index in [0.717, 1.165) is 25.9 Å². The molecule has 1 heterocycles. The average Bonchev–Trinajstić information content (AvgIpc) is 2.84. The number of aryl methyl sites for hydroxylation is 2. The van der Waals surface area contributed by atoms with Gasteiger partial charge in [0.25, 0.3) is 0 Å². The minimum absolute atomic E-state index is 0.425. The fraction of sp³-hybridized carbons (Fsp3) is 0.478. The first-order chi connectivity index (χ1) is 12.3. The van der Waals surface area contributed by atoms with Crippen molar-refractivity contribution in [1.29, 1.82) is 0 Å². The van der Waals surface area contributed by atoms with Crippen LogP contribution in [0.25, 0.3) is 0 Å². The van der Waals surface area contributed by atoms with E-state index in [2.05, 4.69) is 72.2 Å². The van der Waals surface area contributed by atoms with Crippen LogP contribution in [-0.4, -0.2) is 42.0 Å². The van der Waals surface area contributed by atoms with E-state index in [1.807, 2.05) is 0 Å². The lowest BCUT2D eigenvalue weighted by atomic mass is 9.92. The van der Waals surface area contributed by atoms with Crippen LogP contribution in [0.3, 0.4) is 0 Å². The Bertz CT molecular complexity index is 668. The lowest BCUT2D eigenvalue weighted by Crippen LogP contribution is -2.50. The van der Waals surface area contributed by atoms with Crippen LogP contribution >= 0.6 is 0 Å². The third-order valence-corrected chi connectivity index (χ3v) is 6.29. The highest BCUT2D eigenvalue weighted by atomic mass is 15.3. The zero-order valence-corrected chi connectivity index (χ0v) is 15.6. The van der Waals surface area contributed by atoms with Crippen LogP contribution in [-0.2, 0) is 12.8 Å². The highest BCUT2D eigenvalue weighted by Gasteiger charge is 2.31. The molecule has 2 heteroatoms. The summed E-state index contributed by atoms with van der Waals surface area (Å²) in [6.45, 7) is 9.38. The summed E-state index contributed by atoms with van der Waals surface area (Å²) < 4.78 is 0. The Kier molecular flexibility index (Phi) is 4.91. The third kappa shape index (κ3) is 3.26. The summed E-state index contributed by atoms with van der Waals surface area (Å²) in [5, 5.41) is 0. The molecule has 1 saturated heterocycles. The Labute approximate surface area is 152 Å². The fourth-order valence-electron chi connectivity index (χ4n) is 4.58. The zero-order valence-electron chi connectivity index (χ0n) is 15.6. The maximum atomic E-state index is 2.72. The van der Waals surface area contributed by atoms with Crippen molar-refractivity contribution in [3.8, 4) is 0 Å². The van der Waals surface area contributed by atoms with Gasteiger partial charge in [-0.15, -0.1) is 0 Å². The van der Waals surface area contributed by atoms with Gasteiger partial charge < -0.3 is 0 Å². The van der Waals surface area contributed by atoms with E-state index in [-0.39, 0.29) is 0 Å². The first-order valence-corrected chi connectivity index (χ1v) is 9.91. The third-order valence-electron chi connectivity index (χ3n) is 6.29. The van der Waals surface area contributed by atoms with Crippen molar-refractivity contribution in [3.63, 3.8) is 0 Å². The molecule has 4 rings (SSSR count). The Morgan fingerprint density at radius 1 is 0.840 bits per heavy atom. The molecule has 2 nitrogen and oxygen atoms in total. The van der Waals surface area contributed by atoms with Crippen molar-refractivity contribution in [2.24, 2.45) is 0 Å². The summed E-state index contributed by atoms with van der Waals surface area (Å²) in [5.41, 5.74) is 6.13. The van der Waals surface area contributed by atoms with Gasteiger partial charge in [0, 0.05) is 32.2 Å². The van der Waals surface area contributed by atoms with Crippen molar-refractivity contribution >= 4 is 0 Å². The van der Waals surface area contributed by atoms with Gasteiger partial charge in [-0.2, -0.15) is 0 Å². The quantitative estimate of drug-likeness (QED) is 0.826. The van der Waals surface area contributed by atoms with Gasteiger partial charge in [-0.3, -0.25) is 9.80 Å². The molecule has 1 aliphatic carbocycles. The predicted octanol–water partition coefficient (Wildman–Crippen LogP) is 4.29. The van der Waals surface area contributed by atoms with Crippen molar-refractivity contribution in [3.05, 3.63) is 70.8 Å². The van der Waals surface area contributed by atoms with Crippen LogP contribution in [0.1, 0.15) is 48.6 Å². The molecule has 2 aliphatic rings.